The average molecular weight is 464 g/mol. The Bertz CT molecular complexity index is 1490. The Hall–Kier alpha value is -4.19. The van der Waals surface area contributed by atoms with Gasteiger partial charge in [-0.25, -0.2) is 9.97 Å². The maximum absolute atomic E-state index is 13.5. The molecular weight excluding hydrogens is 434 g/mol. The van der Waals surface area contributed by atoms with Crippen LogP contribution >= 0.6 is 0 Å². The fraction of sp³-hybridized carbons (Fsp3) is 0.207. The van der Waals surface area contributed by atoms with Gasteiger partial charge in [0, 0.05) is 6.04 Å². The minimum absolute atomic E-state index is 0.0222. The second-order valence-electron chi connectivity index (χ2n) is 9.12. The Kier molecular flexibility index (Phi) is 6.19. The van der Waals surface area contributed by atoms with E-state index in [4.69, 9.17) is 15.7 Å². The standard InChI is InChI=1S/C29H29N5O/c1-19-12-15-22(16-13-19)18-34-27(30)25(26-28(34)33-24-11-7-6-10-23(24)32-26)29(35)31-20(2)14-17-21-8-4-3-5-9-21/h3-13,15-16,20H,14,17-18,30H2,1-2H3,(H,31,35)/t20-/m0/s1. The van der Waals surface area contributed by atoms with Crippen molar-refractivity contribution in [3.8, 4) is 0 Å². The molecule has 0 aliphatic carbocycles. The molecule has 0 saturated heterocycles. The number of anilines is 1. The lowest BCUT2D eigenvalue weighted by Crippen LogP contribution is -2.33. The summed E-state index contributed by atoms with van der Waals surface area (Å²) in [5, 5.41) is 3.13. The smallest absolute Gasteiger partial charge is 0.257 e. The number of hydrogen-bond donors (Lipinski definition) is 2. The van der Waals surface area contributed by atoms with Gasteiger partial charge in [-0.2, -0.15) is 0 Å². The molecule has 6 heteroatoms. The van der Waals surface area contributed by atoms with Crippen LogP contribution in [-0.2, 0) is 13.0 Å². The molecule has 2 heterocycles. The highest BCUT2D eigenvalue weighted by atomic mass is 16.1. The Balaban J connectivity index is 1.49. The monoisotopic (exact) mass is 463 g/mol. The third-order valence-corrected chi connectivity index (χ3v) is 6.37. The molecule has 3 N–H and O–H groups in total. The second kappa shape index (κ2) is 9.58. The van der Waals surface area contributed by atoms with Crippen molar-refractivity contribution in [2.45, 2.75) is 39.3 Å². The number of rotatable bonds is 7. The van der Waals surface area contributed by atoms with E-state index < -0.39 is 0 Å². The van der Waals surface area contributed by atoms with Crippen LogP contribution in [0.3, 0.4) is 0 Å². The van der Waals surface area contributed by atoms with E-state index in [0.717, 1.165) is 29.4 Å². The van der Waals surface area contributed by atoms with Gasteiger partial charge < -0.3 is 15.6 Å². The number of fused-ring (bicyclic) bond motifs is 2. The molecule has 1 amide bonds. The van der Waals surface area contributed by atoms with Crippen LogP contribution in [0.25, 0.3) is 22.2 Å². The summed E-state index contributed by atoms with van der Waals surface area (Å²) in [5.74, 6) is 0.156. The van der Waals surface area contributed by atoms with Crippen LogP contribution in [0.4, 0.5) is 5.82 Å². The number of nitrogens with zero attached hydrogens (tertiary/aromatic N) is 3. The van der Waals surface area contributed by atoms with Crippen molar-refractivity contribution >= 4 is 33.9 Å². The summed E-state index contributed by atoms with van der Waals surface area (Å²) in [6.45, 7) is 4.58. The first kappa shape index (κ1) is 22.6. The molecule has 0 unspecified atom stereocenters. The molecule has 0 fully saturated rings. The first-order valence-electron chi connectivity index (χ1n) is 11.9. The zero-order valence-corrected chi connectivity index (χ0v) is 20.0. The summed E-state index contributed by atoms with van der Waals surface area (Å²) in [5.41, 5.74) is 13.2. The third-order valence-electron chi connectivity index (χ3n) is 6.37. The van der Waals surface area contributed by atoms with Crippen molar-refractivity contribution in [3.05, 3.63) is 101 Å². The molecule has 176 valence electrons. The van der Waals surface area contributed by atoms with Crippen molar-refractivity contribution in [1.82, 2.24) is 19.9 Å². The molecule has 0 radical (unpaired) electrons. The van der Waals surface area contributed by atoms with Gasteiger partial charge in [0.15, 0.2) is 5.65 Å². The Morgan fingerprint density at radius 3 is 2.29 bits per heavy atom. The molecule has 35 heavy (non-hydrogen) atoms. The highest BCUT2D eigenvalue weighted by Crippen LogP contribution is 2.29. The van der Waals surface area contributed by atoms with Crippen LogP contribution < -0.4 is 11.1 Å². The van der Waals surface area contributed by atoms with Crippen molar-refractivity contribution in [2.75, 3.05) is 5.73 Å². The third kappa shape index (κ3) is 4.73. The largest absolute Gasteiger partial charge is 0.384 e. The summed E-state index contributed by atoms with van der Waals surface area (Å²) in [7, 11) is 0. The number of nitrogens with two attached hydrogens (primary N) is 1. The molecular formula is C29H29N5O. The molecule has 0 aliphatic heterocycles. The number of nitrogens with one attached hydrogen (secondary N) is 1. The van der Waals surface area contributed by atoms with Gasteiger partial charge in [0.2, 0.25) is 0 Å². The van der Waals surface area contributed by atoms with E-state index in [1.54, 1.807) is 0 Å². The number of amides is 1. The molecule has 5 rings (SSSR count). The SMILES string of the molecule is Cc1ccc(Cn2c(N)c(C(=O)N[C@@H](C)CCc3ccccc3)c3nc4ccccc4nc32)cc1. The quantitative estimate of drug-likeness (QED) is 0.344. The normalized spacial score (nSPS) is 12.2. The van der Waals surface area contributed by atoms with Crippen molar-refractivity contribution in [2.24, 2.45) is 0 Å². The predicted octanol–water partition coefficient (Wildman–Crippen LogP) is 5.27. The van der Waals surface area contributed by atoms with Crippen molar-refractivity contribution in [3.63, 3.8) is 0 Å². The Labute approximate surface area is 204 Å². The number of aromatic nitrogens is 3. The lowest BCUT2D eigenvalue weighted by atomic mass is 10.1. The second-order valence-corrected chi connectivity index (χ2v) is 9.12. The molecule has 0 saturated carbocycles. The highest BCUT2D eigenvalue weighted by Gasteiger charge is 2.25. The number of para-hydroxylation sites is 2. The minimum atomic E-state index is -0.222. The van der Waals surface area contributed by atoms with E-state index in [0.29, 0.717) is 29.1 Å². The van der Waals surface area contributed by atoms with Crippen LogP contribution in [0, 0.1) is 6.92 Å². The van der Waals surface area contributed by atoms with Gasteiger partial charge >= 0.3 is 0 Å². The minimum Gasteiger partial charge on any atom is -0.384 e. The number of benzene rings is 3. The number of hydrogen-bond acceptors (Lipinski definition) is 4. The number of aryl methyl sites for hydroxylation is 2. The molecule has 6 nitrogen and oxygen atoms in total. The van der Waals surface area contributed by atoms with Crippen LogP contribution in [-0.4, -0.2) is 26.5 Å². The Morgan fingerprint density at radius 1 is 0.914 bits per heavy atom. The maximum atomic E-state index is 13.5. The van der Waals surface area contributed by atoms with Crippen molar-refractivity contribution < 1.29 is 4.79 Å². The topological polar surface area (TPSA) is 85.8 Å². The van der Waals surface area contributed by atoms with Gasteiger partial charge in [-0.15, -0.1) is 0 Å². The van der Waals surface area contributed by atoms with Crippen LogP contribution in [0.1, 0.15) is 40.4 Å². The molecule has 0 aliphatic rings. The molecule has 0 spiro atoms. The molecule has 3 aromatic carbocycles. The first-order chi connectivity index (χ1) is 17.0. The van der Waals surface area contributed by atoms with Crippen LogP contribution in [0.5, 0.6) is 0 Å². The molecule has 1 atom stereocenters. The first-order valence-corrected chi connectivity index (χ1v) is 11.9. The maximum Gasteiger partial charge on any atom is 0.257 e. The number of carbonyl (C=O) groups excluding carboxylic acids is 1. The van der Waals surface area contributed by atoms with Gasteiger partial charge in [0.05, 0.1) is 17.6 Å². The zero-order valence-electron chi connectivity index (χ0n) is 20.0. The van der Waals surface area contributed by atoms with Gasteiger partial charge in [-0.1, -0.05) is 72.3 Å². The fourth-order valence-corrected chi connectivity index (χ4v) is 4.37. The number of carbonyl (C=O) groups is 1. The summed E-state index contributed by atoms with van der Waals surface area (Å²) >= 11 is 0. The fourth-order valence-electron chi connectivity index (χ4n) is 4.37. The lowest BCUT2D eigenvalue weighted by molar-refractivity contribution is 0.0940. The number of nitrogen functional groups attached to an aromatic ring is 1. The van der Waals surface area contributed by atoms with Gasteiger partial charge in [0.25, 0.3) is 5.91 Å². The summed E-state index contributed by atoms with van der Waals surface area (Å²) < 4.78 is 1.89. The molecule has 0 bridgehead atoms. The zero-order chi connectivity index (χ0) is 24.4. The average Bonchev–Trinajstić information content (AvgIpc) is 3.13. The van der Waals surface area contributed by atoms with E-state index in [-0.39, 0.29) is 11.9 Å². The predicted molar refractivity (Wildman–Crippen MR) is 141 cm³/mol. The van der Waals surface area contributed by atoms with Crippen molar-refractivity contribution in [1.29, 1.82) is 0 Å². The summed E-state index contributed by atoms with van der Waals surface area (Å²) in [6.07, 6.45) is 1.71. The lowest BCUT2D eigenvalue weighted by Gasteiger charge is -2.14. The Morgan fingerprint density at radius 2 is 1.57 bits per heavy atom. The van der Waals surface area contributed by atoms with E-state index in [2.05, 4.69) is 48.6 Å². The van der Waals surface area contributed by atoms with E-state index in [1.165, 1.54) is 11.1 Å². The van der Waals surface area contributed by atoms with Gasteiger partial charge in [-0.3, -0.25) is 4.79 Å². The molecule has 2 aromatic heterocycles. The van der Waals surface area contributed by atoms with E-state index in [9.17, 15) is 4.79 Å². The summed E-state index contributed by atoms with van der Waals surface area (Å²) in [4.78, 5) is 23.1. The molecule has 5 aromatic rings. The van der Waals surface area contributed by atoms with Gasteiger partial charge in [-0.05, 0) is 49.9 Å². The van der Waals surface area contributed by atoms with Crippen LogP contribution in [0.15, 0.2) is 78.9 Å². The van der Waals surface area contributed by atoms with E-state index in [1.807, 2.05) is 54.0 Å². The van der Waals surface area contributed by atoms with Crippen LogP contribution in [0.2, 0.25) is 0 Å². The van der Waals surface area contributed by atoms with Gasteiger partial charge in [0.1, 0.15) is 16.9 Å². The van der Waals surface area contributed by atoms with E-state index >= 15 is 0 Å². The summed E-state index contributed by atoms with van der Waals surface area (Å²) in [6, 6.07) is 26.2. The highest BCUT2D eigenvalue weighted by molar-refractivity contribution is 6.10.